The fourth-order valence-corrected chi connectivity index (χ4v) is 5.59. The second kappa shape index (κ2) is 12.6. The molecule has 3 rings (SSSR count). The molecule has 7 nitrogen and oxygen atoms in total. The molecule has 2 fully saturated rings. The van der Waals surface area contributed by atoms with Crippen LogP contribution in [0.3, 0.4) is 0 Å². The number of carbonyl (C=O) groups excluding carboxylic acids is 1. The number of benzene rings is 1. The maximum absolute atomic E-state index is 14.2. The smallest absolute Gasteiger partial charge is 0.335 e. The number of nitrogens with zero attached hydrogens (tertiary/aromatic N) is 3. The molecule has 0 bridgehead atoms. The lowest BCUT2D eigenvalue weighted by atomic mass is 9.71. The number of hydrogen-bond donors (Lipinski definition) is 1. The van der Waals surface area contributed by atoms with Crippen molar-refractivity contribution >= 4 is 17.7 Å². The van der Waals surface area contributed by atoms with Gasteiger partial charge in [-0.1, -0.05) is 53.7 Å². The summed E-state index contributed by atoms with van der Waals surface area (Å²) in [5, 5.41) is 9.36. The van der Waals surface area contributed by atoms with Gasteiger partial charge in [0.05, 0.1) is 30.9 Å². The molecule has 0 unspecified atom stereocenters. The van der Waals surface area contributed by atoms with Crippen molar-refractivity contribution in [3.63, 3.8) is 0 Å². The molecule has 38 heavy (non-hydrogen) atoms. The normalized spacial score (nSPS) is 22.2. The van der Waals surface area contributed by atoms with Gasteiger partial charge in [0.25, 0.3) is 5.91 Å². The molecule has 1 atom stereocenters. The largest absolute Gasteiger partial charge is 0.478 e. The lowest BCUT2D eigenvalue weighted by Gasteiger charge is -2.38. The van der Waals surface area contributed by atoms with Gasteiger partial charge in [0.15, 0.2) is 5.84 Å². The zero-order valence-electron chi connectivity index (χ0n) is 24.6. The molecule has 212 valence electrons. The third-order valence-corrected chi connectivity index (χ3v) is 8.23. The van der Waals surface area contributed by atoms with Gasteiger partial charge in [0.2, 0.25) is 0 Å². The van der Waals surface area contributed by atoms with E-state index >= 15 is 0 Å². The molecule has 1 aromatic rings. The van der Waals surface area contributed by atoms with Gasteiger partial charge < -0.3 is 19.6 Å². The van der Waals surface area contributed by atoms with Crippen LogP contribution in [-0.2, 0) is 9.53 Å². The molecule has 1 aromatic carbocycles. The van der Waals surface area contributed by atoms with Crippen molar-refractivity contribution in [1.82, 2.24) is 9.80 Å². The number of amides is 1. The van der Waals surface area contributed by atoms with E-state index < -0.39 is 5.97 Å². The molecule has 1 aliphatic carbocycles. The predicted molar refractivity (Wildman–Crippen MR) is 153 cm³/mol. The lowest BCUT2D eigenvalue weighted by molar-refractivity contribution is -0.126. The SMILES string of the molecule is CN(C(=O)C(=NC1CCC(C(C)(C)C)CC1)N1CCOCC1)[C@H](CCC(C)(C)C)c1ccc(C(=O)O)cc1. The Morgan fingerprint density at radius 1 is 1.03 bits per heavy atom. The van der Waals surface area contributed by atoms with Crippen LogP contribution in [0.1, 0.15) is 102 Å². The monoisotopic (exact) mass is 527 g/mol. The van der Waals surface area contributed by atoms with Gasteiger partial charge in [-0.05, 0) is 73.0 Å². The van der Waals surface area contributed by atoms with Gasteiger partial charge in [-0.25, -0.2) is 4.79 Å². The molecule has 1 amide bonds. The quantitative estimate of drug-likeness (QED) is 0.360. The van der Waals surface area contributed by atoms with E-state index in [0.29, 0.717) is 43.5 Å². The second-order valence-corrected chi connectivity index (χ2v) is 13.4. The number of aromatic carboxylic acids is 1. The van der Waals surface area contributed by atoms with Crippen LogP contribution >= 0.6 is 0 Å². The Balaban J connectivity index is 1.88. The summed E-state index contributed by atoms with van der Waals surface area (Å²) < 4.78 is 5.59. The lowest BCUT2D eigenvalue weighted by Crippen LogP contribution is -2.50. The highest BCUT2D eigenvalue weighted by molar-refractivity contribution is 6.37. The van der Waals surface area contributed by atoms with E-state index in [1.54, 1.807) is 12.1 Å². The number of rotatable bonds is 6. The van der Waals surface area contributed by atoms with Gasteiger partial charge in [-0.2, -0.15) is 0 Å². The van der Waals surface area contributed by atoms with Crippen LogP contribution in [0.2, 0.25) is 0 Å². The number of morpholine rings is 1. The molecule has 1 heterocycles. The Labute approximate surface area is 229 Å². The van der Waals surface area contributed by atoms with Crippen molar-refractivity contribution < 1.29 is 19.4 Å². The van der Waals surface area contributed by atoms with Crippen molar-refractivity contribution in [3.8, 4) is 0 Å². The van der Waals surface area contributed by atoms with E-state index in [9.17, 15) is 14.7 Å². The Morgan fingerprint density at radius 2 is 1.61 bits per heavy atom. The number of ether oxygens (including phenoxy) is 1. The number of likely N-dealkylation sites (N-methyl/N-ethyl adjacent to an activating group) is 1. The van der Waals surface area contributed by atoms with Crippen LogP contribution in [0.25, 0.3) is 0 Å². The molecule has 2 aliphatic rings. The summed E-state index contributed by atoms with van der Waals surface area (Å²) in [6.45, 7) is 16.1. The standard InChI is InChI=1S/C31H49N3O4/c1-30(2,3)17-16-26(22-8-10-23(11-9-22)29(36)37)33(7)28(35)27(34-18-20-38-21-19-34)32-25-14-12-24(13-15-25)31(4,5)6/h8-11,24-26H,12-21H2,1-7H3,(H,36,37)/t24?,25?,26-/m1/s1. The van der Waals surface area contributed by atoms with Gasteiger partial charge in [0.1, 0.15) is 0 Å². The Bertz CT molecular complexity index is 960. The number of hydrogen-bond acceptors (Lipinski definition) is 4. The third kappa shape index (κ3) is 8.29. The highest BCUT2D eigenvalue weighted by Crippen LogP contribution is 2.39. The van der Waals surface area contributed by atoms with E-state index in [4.69, 9.17) is 9.73 Å². The number of amidine groups is 1. The topological polar surface area (TPSA) is 82.4 Å². The van der Waals surface area contributed by atoms with Crippen molar-refractivity contribution in [2.24, 2.45) is 21.7 Å². The Kier molecular flexibility index (Phi) is 10.0. The predicted octanol–water partition coefficient (Wildman–Crippen LogP) is 6.05. The molecule has 7 heteroatoms. The van der Waals surface area contributed by atoms with Crippen LogP contribution in [0.4, 0.5) is 0 Å². The van der Waals surface area contributed by atoms with Gasteiger partial charge in [-0.15, -0.1) is 0 Å². The molecule has 1 aliphatic heterocycles. The number of aliphatic imine (C=N–C) groups is 1. The maximum Gasteiger partial charge on any atom is 0.335 e. The molecule has 1 N–H and O–H groups in total. The molecule has 0 spiro atoms. The first-order valence-electron chi connectivity index (χ1n) is 14.3. The Hall–Kier alpha value is -2.41. The summed E-state index contributed by atoms with van der Waals surface area (Å²) in [4.78, 5) is 34.7. The van der Waals surface area contributed by atoms with Crippen LogP contribution < -0.4 is 0 Å². The van der Waals surface area contributed by atoms with E-state index in [-0.39, 0.29) is 29.0 Å². The molecule has 1 saturated heterocycles. The van der Waals surface area contributed by atoms with Crippen molar-refractivity contribution in [2.45, 2.75) is 92.2 Å². The third-order valence-electron chi connectivity index (χ3n) is 8.23. The van der Waals surface area contributed by atoms with Crippen LogP contribution in [0, 0.1) is 16.7 Å². The highest BCUT2D eigenvalue weighted by atomic mass is 16.5. The minimum absolute atomic E-state index is 0.0638. The van der Waals surface area contributed by atoms with E-state index in [1.807, 2.05) is 24.1 Å². The fourth-order valence-electron chi connectivity index (χ4n) is 5.59. The van der Waals surface area contributed by atoms with E-state index in [0.717, 1.165) is 44.1 Å². The number of carboxylic acids is 1. The molecule has 0 aromatic heterocycles. The molecular formula is C31H49N3O4. The summed E-state index contributed by atoms with van der Waals surface area (Å²) in [6, 6.07) is 6.94. The van der Waals surface area contributed by atoms with Gasteiger partial charge in [-0.3, -0.25) is 9.79 Å². The summed E-state index contributed by atoms with van der Waals surface area (Å²) in [5.41, 5.74) is 1.60. The minimum Gasteiger partial charge on any atom is -0.478 e. The summed E-state index contributed by atoms with van der Waals surface area (Å²) in [7, 11) is 1.87. The number of carboxylic acid groups (broad SMARTS) is 1. The van der Waals surface area contributed by atoms with Crippen LogP contribution in [0.15, 0.2) is 29.3 Å². The average molecular weight is 528 g/mol. The molecule has 0 radical (unpaired) electrons. The fraction of sp³-hybridized carbons (Fsp3) is 0.710. The van der Waals surface area contributed by atoms with E-state index in [2.05, 4.69) is 46.4 Å². The first kappa shape index (κ1) is 30.1. The number of carbonyl (C=O) groups is 2. The first-order valence-corrected chi connectivity index (χ1v) is 14.3. The van der Waals surface area contributed by atoms with Crippen molar-refractivity contribution in [1.29, 1.82) is 0 Å². The van der Waals surface area contributed by atoms with Gasteiger partial charge in [0, 0.05) is 20.1 Å². The van der Waals surface area contributed by atoms with Crippen LogP contribution in [0.5, 0.6) is 0 Å². The first-order chi connectivity index (χ1) is 17.8. The average Bonchev–Trinajstić information content (AvgIpc) is 2.86. The summed E-state index contributed by atoms with van der Waals surface area (Å²) >= 11 is 0. The summed E-state index contributed by atoms with van der Waals surface area (Å²) in [6.07, 6.45) is 6.01. The van der Waals surface area contributed by atoms with Crippen molar-refractivity contribution in [3.05, 3.63) is 35.4 Å². The van der Waals surface area contributed by atoms with Gasteiger partial charge >= 0.3 is 5.97 Å². The second-order valence-electron chi connectivity index (χ2n) is 13.4. The summed E-state index contributed by atoms with van der Waals surface area (Å²) in [5.74, 6) is 0.230. The Morgan fingerprint density at radius 3 is 2.11 bits per heavy atom. The zero-order chi connectivity index (χ0) is 28.1. The molecule has 1 saturated carbocycles. The minimum atomic E-state index is -0.949. The van der Waals surface area contributed by atoms with Crippen molar-refractivity contribution in [2.75, 3.05) is 33.4 Å². The molecular weight excluding hydrogens is 478 g/mol. The van der Waals surface area contributed by atoms with Crippen LogP contribution in [-0.4, -0.2) is 72.0 Å². The zero-order valence-corrected chi connectivity index (χ0v) is 24.6. The maximum atomic E-state index is 14.2. The highest BCUT2D eigenvalue weighted by Gasteiger charge is 2.33. The van der Waals surface area contributed by atoms with E-state index in [1.165, 1.54) is 0 Å².